The van der Waals surface area contributed by atoms with Crippen LogP contribution in [0.25, 0.3) is 10.8 Å². The third kappa shape index (κ3) is 3.02. The van der Waals surface area contributed by atoms with Crippen LogP contribution < -0.4 is 0 Å². The minimum absolute atomic E-state index is 0.306. The Hall–Kier alpha value is -1.54. The number of carbonyl (C=O) groups is 1. The molecule has 0 atom stereocenters. The van der Waals surface area contributed by atoms with Crippen molar-refractivity contribution in [2.75, 3.05) is 0 Å². The fraction of sp³-hybridized carbons (Fsp3) is 0.267. The zero-order valence-electron chi connectivity index (χ0n) is 10.7. The van der Waals surface area contributed by atoms with E-state index in [-0.39, 0.29) is 5.97 Å². The first-order valence-corrected chi connectivity index (χ1v) is 6.16. The maximum atomic E-state index is 11.9. The molecule has 2 aromatic carbocycles. The van der Waals surface area contributed by atoms with Gasteiger partial charge in [0, 0.05) is 5.02 Å². The molecule has 0 saturated carbocycles. The molecular formula is C15H15ClO2. The Morgan fingerprint density at radius 1 is 1.06 bits per heavy atom. The van der Waals surface area contributed by atoms with Gasteiger partial charge >= 0.3 is 5.97 Å². The maximum absolute atomic E-state index is 11.9. The van der Waals surface area contributed by atoms with Crippen molar-refractivity contribution in [1.29, 1.82) is 0 Å². The quantitative estimate of drug-likeness (QED) is 0.710. The summed E-state index contributed by atoms with van der Waals surface area (Å²) < 4.78 is 5.33. The zero-order valence-corrected chi connectivity index (χ0v) is 11.4. The fourth-order valence-electron chi connectivity index (χ4n) is 1.68. The van der Waals surface area contributed by atoms with Gasteiger partial charge in [-0.25, -0.2) is 4.79 Å². The lowest BCUT2D eigenvalue weighted by Crippen LogP contribution is -2.23. The second-order valence-corrected chi connectivity index (χ2v) is 5.64. The highest BCUT2D eigenvalue weighted by molar-refractivity contribution is 6.31. The molecule has 0 amide bonds. The number of rotatable bonds is 1. The molecule has 2 rings (SSSR count). The van der Waals surface area contributed by atoms with E-state index in [0.29, 0.717) is 10.6 Å². The summed E-state index contributed by atoms with van der Waals surface area (Å²) >= 11 is 5.92. The number of esters is 1. The van der Waals surface area contributed by atoms with E-state index < -0.39 is 5.60 Å². The first-order chi connectivity index (χ1) is 8.35. The summed E-state index contributed by atoms with van der Waals surface area (Å²) in [5, 5.41) is 2.67. The zero-order chi connectivity index (χ0) is 13.3. The number of carbonyl (C=O) groups excluding carboxylic acids is 1. The number of halogens is 1. The van der Waals surface area contributed by atoms with Crippen LogP contribution in [0.5, 0.6) is 0 Å². The van der Waals surface area contributed by atoms with Crippen molar-refractivity contribution in [3.05, 3.63) is 47.0 Å². The van der Waals surface area contributed by atoms with E-state index in [1.54, 1.807) is 6.07 Å². The van der Waals surface area contributed by atoms with Crippen LogP contribution in [0.3, 0.4) is 0 Å². The SMILES string of the molecule is CC(C)(C)OC(=O)c1ccc2cc(Cl)ccc2c1. The van der Waals surface area contributed by atoms with Gasteiger partial charge in [-0.05, 0) is 55.8 Å². The number of benzene rings is 2. The second kappa shape index (κ2) is 4.62. The van der Waals surface area contributed by atoms with Gasteiger partial charge in [0.25, 0.3) is 0 Å². The summed E-state index contributed by atoms with van der Waals surface area (Å²) in [5.74, 6) is -0.306. The van der Waals surface area contributed by atoms with Crippen LogP contribution in [0.2, 0.25) is 5.02 Å². The average Bonchev–Trinajstić information content (AvgIpc) is 2.26. The topological polar surface area (TPSA) is 26.3 Å². The van der Waals surface area contributed by atoms with Crippen LogP contribution in [-0.2, 0) is 4.74 Å². The van der Waals surface area contributed by atoms with Gasteiger partial charge in [0.1, 0.15) is 5.60 Å². The standard InChI is InChI=1S/C15H15ClO2/c1-15(2,3)18-14(17)12-5-4-11-9-13(16)7-6-10(11)8-12/h4-9H,1-3H3. The van der Waals surface area contributed by atoms with Crippen LogP contribution in [0, 0.1) is 0 Å². The fourth-order valence-corrected chi connectivity index (χ4v) is 1.86. The van der Waals surface area contributed by atoms with Crippen molar-refractivity contribution >= 4 is 28.3 Å². The number of hydrogen-bond acceptors (Lipinski definition) is 2. The Morgan fingerprint density at radius 3 is 2.33 bits per heavy atom. The lowest BCUT2D eigenvalue weighted by atomic mass is 10.1. The van der Waals surface area contributed by atoms with Gasteiger partial charge < -0.3 is 4.74 Å². The number of hydrogen-bond donors (Lipinski definition) is 0. The number of fused-ring (bicyclic) bond motifs is 1. The molecule has 0 aromatic heterocycles. The molecule has 0 aliphatic rings. The largest absolute Gasteiger partial charge is 0.456 e. The summed E-state index contributed by atoms with van der Waals surface area (Å²) in [4.78, 5) is 11.9. The summed E-state index contributed by atoms with van der Waals surface area (Å²) in [5.41, 5.74) is 0.0752. The van der Waals surface area contributed by atoms with Gasteiger partial charge in [-0.3, -0.25) is 0 Å². The van der Waals surface area contributed by atoms with Gasteiger partial charge in [0.05, 0.1) is 5.56 Å². The molecule has 2 nitrogen and oxygen atoms in total. The summed E-state index contributed by atoms with van der Waals surface area (Å²) in [6.07, 6.45) is 0. The van der Waals surface area contributed by atoms with E-state index in [2.05, 4.69) is 0 Å². The van der Waals surface area contributed by atoms with Gasteiger partial charge in [-0.15, -0.1) is 0 Å². The predicted molar refractivity (Wildman–Crippen MR) is 74.1 cm³/mol. The molecule has 0 radical (unpaired) electrons. The average molecular weight is 263 g/mol. The minimum Gasteiger partial charge on any atom is -0.456 e. The highest BCUT2D eigenvalue weighted by Crippen LogP contribution is 2.21. The highest BCUT2D eigenvalue weighted by atomic mass is 35.5. The lowest BCUT2D eigenvalue weighted by molar-refractivity contribution is 0.00697. The number of ether oxygens (including phenoxy) is 1. The van der Waals surface area contributed by atoms with E-state index in [4.69, 9.17) is 16.3 Å². The molecular weight excluding hydrogens is 248 g/mol. The Kier molecular flexibility index (Phi) is 3.31. The molecule has 18 heavy (non-hydrogen) atoms. The molecule has 94 valence electrons. The van der Waals surface area contributed by atoms with Gasteiger partial charge in [-0.1, -0.05) is 23.7 Å². The van der Waals surface area contributed by atoms with Crippen molar-refractivity contribution in [2.45, 2.75) is 26.4 Å². The Morgan fingerprint density at radius 2 is 1.67 bits per heavy atom. The molecule has 0 aliphatic heterocycles. The Labute approximate surface area is 112 Å². The van der Waals surface area contributed by atoms with Crippen LogP contribution in [0.1, 0.15) is 31.1 Å². The second-order valence-electron chi connectivity index (χ2n) is 5.21. The predicted octanol–water partition coefficient (Wildman–Crippen LogP) is 4.45. The maximum Gasteiger partial charge on any atom is 0.338 e. The van der Waals surface area contributed by atoms with Crippen LogP contribution in [-0.4, -0.2) is 11.6 Å². The van der Waals surface area contributed by atoms with Crippen molar-refractivity contribution < 1.29 is 9.53 Å². The third-order valence-corrected chi connectivity index (χ3v) is 2.67. The summed E-state index contributed by atoms with van der Waals surface area (Å²) in [7, 11) is 0. The van der Waals surface area contributed by atoms with E-state index in [0.717, 1.165) is 10.8 Å². The van der Waals surface area contributed by atoms with Crippen molar-refractivity contribution in [3.8, 4) is 0 Å². The molecule has 0 heterocycles. The summed E-state index contributed by atoms with van der Waals surface area (Å²) in [6, 6.07) is 11.0. The summed E-state index contributed by atoms with van der Waals surface area (Å²) in [6.45, 7) is 5.56. The molecule has 0 N–H and O–H groups in total. The first-order valence-electron chi connectivity index (χ1n) is 5.78. The molecule has 0 spiro atoms. The lowest BCUT2D eigenvalue weighted by Gasteiger charge is -2.19. The molecule has 2 aromatic rings. The van der Waals surface area contributed by atoms with E-state index in [9.17, 15) is 4.79 Å². The molecule has 0 aliphatic carbocycles. The van der Waals surface area contributed by atoms with E-state index in [1.165, 1.54) is 0 Å². The Balaban J connectivity index is 2.36. The van der Waals surface area contributed by atoms with Gasteiger partial charge in [0.2, 0.25) is 0 Å². The van der Waals surface area contributed by atoms with Crippen LogP contribution >= 0.6 is 11.6 Å². The molecule has 0 fully saturated rings. The van der Waals surface area contributed by atoms with Crippen molar-refractivity contribution in [3.63, 3.8) is 0 Å². The monoisotopic (exact) mass is 262 g/mol. The normalized spacial score (nSPS) is 11.6. The first kappa shape index (κ1) is 12.9. The van der Waals surface area contributed by atoms with Gasteiger partial charge in [-0.2, -0.15) is 0 Å². The highest BCUT2D eigenvalue weighted by Gasteiger charge is 2.17. The third-order valence-electron chi connectivity index (χ3n) is 2.44. The van der Waals surface area contributed by atoms with Crippen LogP contribution in [0.15, 0.2) is 36.4 Å². The minimum atomic E-state index is -0.480. The van der Waals surface area contributed by atoms with E-state index >= 15 is 0 Å². The molecule has 3 heteroatoms. The Bertz CT molecular complexity index is 597. The molecule has 0 saturated heterocycles. The smallest absolute Gasteiger partial charge is 0.338 e. The van der Waals surface area contributed by atoms with Crippen molar-refractivity contribution in [1.82, 2.24) is 0 Å². The van der Waals surface area contributed by atoms with E-state index in [1.807, 2.05) is 51.1 Å². The van der Waals surface area contributed by atoms with Crippen LogP contribution in [0.4, 0.5) is 0 Å². The van der Waals surface area contributed by atoms with Gasteiger partial charge in [0.15, 0.2) is 0 Å². The molecule has 0 bridgehead atoms. The van der Waals surface area contributed by atoms with Crippen molar-refractivity contribution in [2.24, 2.45) is 0 Å². The molecule has 0 unspecified atom stereocenters.